The molecule has 1 aromatic heterocycles. The number of aliphatic imine (C=N–C) groups is 1. The molecular weight excluding hydrogens is 288 g/mol. The number of pyridine rings is 1. The minimum absolute atomic E-state index is 0.325. The van der Waals surface area contributed by atoms with Crippen molar-refractivity contribution in [3.05, 3.63) is 28.5 Å². The van der Waals surface area contributed by atoms with Crippen molar-refractivity contribution in [1.29, 1.82) is 0 Å². The van der Waals surface area contributed by atoms with E-state index >= 15 is 0 Å². The van der Waals surface area contributed by atoms with Crippen molar-refractivity contribution in [3.63, 3.8) is 0 Å². The van der Waals surface area contributed by atoms with E-state index in [0.717, 1.165) is 5.56 Å². The van der Waals surface area contributed by atoms with Gasteiger partial charge in [-0.05, 0) is 28.9 Å². The molecule has 2 heterocycles. The van der Waals surface area contributed by atoms with Gasteiger partial charge in [0.2, 0.25) is 0 Å². The summed E-state index contributed by atoms with van der Waals surface area (Å²) in [5, 5.41) is 0. The molecule has 0 radical (unpaired) electrons. The normalized spacial score (nSPS) is 22.2. The highest BCUT2D eigenvalue weighted by Crippen LogP contribution is 2.31. The van der Waals surface area contributed by atoms with Gasteiger partial charge in [-0.25, -0.2) is 14.8 Å². The molecule has 2 rings (SSSR count). The van der Waals surface area contributed by atoms with E-state index in [1.807, 2.05) is 6.07 Å². The highest BCUT2D eigenvalue weighted by Gasteiger charge is 2.36. The highest BCUT2D eigenvalue weighted by molar-refractivity contribution is 9.10. The number of hydrogen-bond donors (Lipinski definition) is 0. The summed E-state index contributed by atoms with van der Waals surface area (Å²) in [5.41, 5.74) is 0.781. The maximum Gasteiger partial charge on any atom is 0.335 e. The quantitative estimate of drug-likeness (QED) is 0.631. The summed E-state index contributed by atoms with van der Waals surface area (Å²) in [5.74, 6) is -0.387. The third-order valence-corrected chi connectivity index (χ3v) is 3.00. The monoisotopic (exact) mass is 298 g/mol. The molecule has 6 heteroatoms. The van der Waals surface area contributed by atoms with Crippen molar-refractivity contribution in [3.8, 4) is 0 Å². The number of carbonyl (C=O) groups is 1. The smallest absolute Gasteiger partial charge is 0.335 e. The number of halogens is 1. The zero-order chi connectivity index (χ0) is 12.3. The van der Waals surface area contributed by atoms with Crippen LogP contribution in [0, 0.1) is 0 Å². The first-order valence-electron chi connectivity index (χ1n) is 5.18. The molecular formula is C11H11BrN2O3. The first kappa shape index (κ1) is 12.0. The zero-order valence-electron chi connectivity index (χ0n) is 9.17. The van der Waals surface area contributed by atoms with Gasteiger partial charge in [0.25, 0.3) is 0 Å². The highest BCUT2D eigenvalue weighted by atomic mass is 79.9. The van der Waals surface area contributed by atoms with Gasteiger partial charge in [0.15, 0.2) is 18.5 Å². The molecule has 1 aromatic rings. The Labute approximate surface area is 107 Å². The van der Waals surface area contributed by atoms with E-state index in [0.29, 0.717) is 11.2 Å². The number of hydrogen-bond acceptors (Lipinski definition) is 5. The average Bonchev–Trinajstić information content (AvgIpc) is 2.79. The lowest BCUT2D eigenvalue weighted by Crippen LogP contribution is -2.26. The van der Waals surface area contributed by atoms with Gasteiger partial charge in [-0.1, -0.05) is 6.07 Å². The molecule has 0 saturated carbocycles. The molecule has 0 aliphatic carbocycles. The third-order valence-electron chi connectivity index (χ3n) is 2.34. The lowest BCUT2D eigenvalue weighted by Gasteiger charge is -2.16. The Hall–Kier alpha value is -1.43. The number of ether oxygens (including phenoxy) is 2. The van der Waals surface area contributed by atoms with Crippen LogP contribution in [0.4, 0.5) is 0 Å². The van der Waals surface area contributed by atoms with Crippen molar-refractivity contribution in [1.82, 2.24) is 4.98 Å². The average molecular weight is 299 g/mol. The van der Waals surface area contributed by atoms with Crippen molar-refractivity contribution in [2.75, 3.05) is 6.61 Å². The van der Waals surface area contributed by atoms with Crippen molar-refractivity contribution in [2.45, 2.75) is 19.1 Å². The second kappa shape index (κ2) is 5.27. The van der Waals surface area contributed by atoms with E-state index in [-0.39, 0.29) is 5.97 Å². The van der Waals surface area contributed by atoms with Gasteiger partial charge in [-0.2, -0.15) is 0 Å². The lowest BCUT2D eigenvalue weighted by molar-refractivity contribution is -0.146. The molecule has 0 amide bonds. The van der Waals surface area contributed by atoms with Gasteiger partial charge in [0.05, 0.1) is 6.61 Å². The van der Waals surface area contributed by atoms with Crippen LogP contribution in [0.15, 0.2) is 27.9 Å². The van der Waals surface area contributed by atoms with Crippen molar-refractivity contribution >= 4 is 28.3 Å². The Balaban J connectivity index is 2.22. The molecule has 0 spiro atoms. The zero-order valence-corrected chi connectivity index (χ0v) is 10.8. The summed E-state index contributed by atoms with van der Waals surface area (Å²) in [4.78, 5) is 19.8. The summed E-state index contributed by atoms with van der Waals surface area (Å²) in [6.07, 6.45) is 2.46. The van der Waals surface area contributed by atoms with Crippen LogP contribution in [0.1, 0.15) is 18.6 Å². The third kappa shape index (κ3) is 2.46. The minimum atomic E-state index is -0.657. The molecule has 0 unspecified atom stereocenters. The number of rotatable bonds is 3. The topological polar surface area (TPSA) is 60.8 Å². The van der Waals surface area contributed by atoms with Crippen LogP contribution in [0.3, 0.4) is 0 Å². The molecule has 1 aliphatic heterocycles. The molecule has 0 N–H and O–H groups in total. The largest absolute Gasteiger partial charge is 0.473 e. The fraction of sp³-hybridized carbons (Fsp3) is 0.364. The molecule has 0 saturated heterocycles. The van der Waals surface area contributed by atoms with E-state index in [4.69, 9.17) is 9.47 Å². The van der Waals surface area contributed by atoms with E-state index in [1.165, 1.54) is 6.40 Å². The molecule has 0 aromatic carbocycles. The van der Waals surface area contributed by atoms with Crippen LogP contribution in [-0.2, 0) is 14.3 Å². The van der Waals surface area contributed by atoms with Crippen LogP contribution in [0.2, 0.25) is 0 Å². The lowest BCUT2D eigenvalue weighted by atomic mass is 10.1. The summed E-state index contributed by atoms with van der Waals surface area (Å²) in [7, 11) is 0. The minimum Gasteiger partial charge on any atom is -0.473 e. The van der Waals surface area contributed by atoms with Gasteiger partial charge in [-0.15, -0.1) is 0 Å². The van der Waals surface area contributed by atoms with Crippen LogP contribution in [0.25, 0.3) is 0 Å². The van der Waals surface area contributed by atoms with Gasteiger partial charge < -0.3 is 9.47 Å². The van der Waals surface area contributed by atoms with Crippen molar-refractivity contribution < 1.29 is 14.3 Å². The molecule has 5 nitrogen and oxygen atoms in total. The van der Waals surface area contributed by atoms with Gasteiger partial charge in [0, 0.05) is 11.8 Å². The Kier molecular flexibility index (Phi) is 3.73. The fourth-order valence-corrected chi connectivity index (χ4v) is 2.06. The van der Waals surface area contributed by atoms with Gasteiger partial charge in [0.1, 0.15) is 4.60 Å². The Morgan fingerprint density at radius 1 is 1.65 bits per heavy atom. The Morgan fingerprint density at radius 2 is 2.47 bits per heavy atom. The fourth-order valence-electron chi connectivity index (χ4n) is 1.59. The molecule has 90 valence electrons. The molecule has 17 heavy (non-hydrogen) atoms. The Morgan fingerprint density at radius 3 is 3.18 bits per heavy atom. The number of carbonyl (C=O) groups excluding carboxylic acids is 1. The predicted molar refractivity (Wildman–Crippen MR) is 64.7 cm³/mol. The van der Waals surface area contributed by atoms with Crippen LogP contribution >= 0.6 is 15.9 Å². The summed E-state index contributed by atoms with van der Waals surface area (Å²) >= 11 is 3.32. The van der Waals surface area contributed by atoms with E-state index in [9.17, 15) is 4.79 Å². The van der Waals surface area contributed by atoms with E-state index < -0.39 is 12.1 Å². The molecule has 2 atom stereocenters. The Bertz CT molecular complexity index is 450. The molecule has 0 bridgehead atoms. The van der Waals surface area contributed by atoms with Crippen LogP contribution in [-0.4, -0.2) is 30.0 Å². The van der Waals surface area contributed by atoms with E-state index in [1.54, 1.807) is 19.2 Å². The van der Waals surface area contributed by atoms with Crippen LogP contribution in [0.5, 0.6) is 0 Å². The van der Waals surface area contributed by atoms with Gasteiger partial charge >= 0.3 is 5.97 Å². The molecule has 1 aliphatic rings. The summed E-state index contributed by atoms with van der Waals surface area (Å²) < 4.78 is 10.9. The predicted octanol–water partition coefficient (Wildman–Crippen LogP) is 1.88. The summed E-state index contributed by atoms with van der Waals surface area (Å²) in [6.45, 7) is 2.08. The number of esters is 1. The second-order valence-electron chi connectivity index (χ2n) is 3.39. The standard InChI is InChI=1S/C11H11BrN2O3/c1-2-16-11(15)8-9(17-6-14-8)7-4-3-5-13-10(7)12/h3-6,8-9H,2H2,1H3/t8-,9+/m0/s1. The SMILES string of the molecule is CCOC(=O)[C@H]1N=CO[C@@H]1c1cccnc1Br. The van der Waals surface area contributed by atoms with Crippen molar-refractivity contribution in [2.24, 2.45) is 4.99 Å². The molecule has 0 fully saturated rings. The number of aromatic nitrogens is 1. The van der Waals surface area contributed by atoms with Crippen LogP contribution < -0.4 is 0 Å². The summed E-state index contributed by atoms with van der Waals surface area (Å²) in [6, 6.07) is 2.96. The maximum absolute atomic E-state index is 11.7. The van der Waals surface area contributed by atoms with Gasteiger partial charge in [-0.3, -0.25) is 0 Å². The number of nitrogens with zero attached hydrogens (tertiary/aromatic N) is 2. The first-order valence-corrected chi connectivity index (χ1v) is 5.97. The maximum atomic E-state index is 11.7. The second-order valence-corrected chi connectivity index (χ2v) is 4.14. The van der Waals surface area contributed by atoms with E-state index in [2.05, 4.69) is 25.9 Å². The first-order chi connectivity index (χ1) is 8.24.